The van der Waals surface area contributed by atoms with Crippen molar-refractivity contribution in [3.63, 3.8) is 0 Å². The van der Waals surface area contributed by atoms with E-state index < -0.39 is 0 Å². The van der Waals surface area contributed by atoms with Crippen LogP contribution in [-0.2, 0) is 16.1 Å². The van der Waals surface area contributed by atoms with Gasteiger partial charge in [0, 0.05) is 17.1 Å². The molecule has 26 heavy (non-hydrogen) atoms. The third kappa shape index (κ3) is 3.76. The molecule has 0 atom stereocenters. The summed E-state index contributed by atoms with van der Waals surface area (Å²) >= 11 is 2.91. The number of benzene rings is 1. The van der Waals surface area contributed by atoms with Crippen LogP contribution in [0.2, 0.25) is 0 Å². The van der Waals surface area contributed by atoms with Crippen molar-refractivity contribution in [3.05, 3.63) is 66.1 Å². The van der Waals surface area contributed by atoms with Crippen LogP contribution in [0, 0.1) is 0 Å². The molecule has 4 aromatic rings. The summed E-state index contributed by atoms with van der Waals surface area (Å²) in [5, 5.41) is 8.02. The van der Waals surface area contributed by atoms with Gasteiger partial charge in [-0.15, -0.1) is 11.3 Å². The van der Waals surface area contributed by atoms with E-state index >= 15 is 0 Å². The zero-order valence-electron chi connectivity index (χ0n) is 13.6. The Bertz CT molecular complexity index is 1030. The van der Waals surface area contributed by atoms with Gasteiger partial charge in [0.1, 0.15) is 22.8 Å². The number of ether oxygens (including phenoxy) is 1. The molecule has 0 spiro atoms. The first-order chi connectivity index (χ1) is 12.8. The van der Waals surface area contributed by atoms with Crippen LogP contribution in [0.15, 0.2) is 65.5 Å². The van der Waals surface area contributed by atoms with E-state index in [1.54, 1.807) is 22.2 Å². The molecule has 0 saturated heterocycles. The first-order valence-electron chi connectivity index (χ1n) is 7.85. The first-order valence-corrected chi connectivity index (χ1v) is 9.72. The predicted octanol–water partition coefficient (Wildman–Crippen LogP) is 3.71. The molecule has 6 nitrogen and oxygen atoms in total. The molecule has 3 aromatic heterocycles. The number of thioether (sulfide) groups is 1. The van der Waals surface area contributed by atoms with Crippen LogP contribution in [0.25, 0.3) is 15.9 Å². The maximum atomic E-state index is 12.0. The van der Waals surface area contributed by atoms with E-state index in [0.29, 0.717) is 0 Å². The van der Waals surface area contributed by atoms with Gasteiger partial charge in [-0.3, -0.25) is 4.79 Å². The number of nitrogens with zero attached hydrogens (tertiary/aromatic N) is 4. The molecule has 0 radical (unpaired) electrons. The topological polar surface area (TPSA) is 69.9 Å². The highest BCUT2D eigenvalue weighted by Crippen LogP contribution is 2.27. The Balaban J connectivity index is 1.32. The van der Waals surface area contributed by atoms with E-state index in [1.165, 1.54) is 18.1 Å². The molecule has 3 heterocycles. The number of para-hydroxylation sites is 1. The average Bonchev–Trinajstić information content (AvgIpc) is 3.35. The Morgan fingerprint density at radius 2 is 2.08 bits per heavy atom. The Morgan fingerprint density at radius 1 is 1.19 bits per heavy atom. The summed E-state index contributed by atoms with van der Waals surface area (Å²) in [5.41, 5.74) is 1.80. The van der Waals surface area contributed by atoms with Crippen molar-refractivity contribution < 1.29 is 9.53 Å². The molecule has 0 bridgehead atoms. The molecule has 8 heteroatoms. The summed E-state index contributed by atoms with van der Waals surface area (Å²) < 4.78 is 7.09. The van der Waals surface area contributed by atoms with Crippen LogP contribution in [0.3, 0.4) is 0 Å². The normalized spacial score (nSPS) is 10.9. The molecule has 1 aromatic carbocycles. The minimum atomic E-state index is -0.288. The van der Waals surface area contributed by atoms with Gasteiger partial charge in [0.15, 0.2) is 0 Å². The lowest BCUT2D eigenvalue weighted by Crippen LogP contribution is -2.07. The first kappa shape index (κ1) is 16.7. The molecule has 0 N–H and O–H groups in total. The highest BCUT2D eigenvalue weighted by atomic mass is 32.2. The predicted molar refractivity (Wildman–Crippen MR) is 101 cm³/mol. The number of hydrogen-bond acceptors (Lipinski definition) is 7. The van der Waals surface area contributed by atoms with Crippen molar-refractivity contribution in [1.29, 1.82) is 0 Å². The lowest BCUT2D eigenvalue weighted by Gasteiger charge is -2.04. The fraction of sp³-hybridized carbons (Fsp3) is 0.111. The highest BCUT2D eigenvalue weighted by Gasteiger charge is 2.10. The maximum absolute atomic E-state index is 12.0. The summed E-state index contributed by atoms with van der Waals surface area (Å²) in [5.74, 6) is -0.0844. The molecular formula is C18H14N4O2S2. The molecule has 0 fully saturated rings. The number of thiophene rings is 1. The molecule has 0 saturated carbocycles. The maximum Gasteiger partial charge on any atom is 0.316 e. The Hall–Kier alpha value is -2.71. The summed E-state index contributed by atoms with van der Waals surface area (Å²) in [6, 6.07) is 11.7. The van der Waals surface area contributed by atoms with E-state index in [1.807, 2.05) is 48.0 Å². The van der Waals surface area contributed by atoms with Gasteiger partial charge in [-0.25, -0.2) is 14.6 Å². The lowest BCUT2D eigenvalue weighted by atomic mass is 10.3. The second-order valence-electron chi connectivity index (χ2n) is 5.40. The summed E-state index contributed by atoms with van der Waals surface area (Å²) in [4.78, 5) is 21.4. The van der Waals surface area contributed by atoms with Gasteiger partial charge in [0.05, 0.1) is 17.6 Å². The van der Waals surface area contributed by atoms with Crippen LogP contribution in [0.4, 0.5) is 0 Å². The zero-order chi connectivity index (χ0) is 17.8. The number of esters is 1. The summed E-state index contributed by atoms with van der Waals surface area (Å²) in [6.07, 6.45) is 5.08. The molecule has 0 amide bonds. The Labute approximate surface area is 157 Å². The second-order valence-corrected chi connectivity index (χ2v) is 7.25. The van der Waals surface area contributed by atoms with Crippen LogP contribution >= 0.6 is 23.1 Å². The van der Waals surface area contributed by atoms with Crippen molar-refractivity contribution in [3.8, 4) is 5.69 Å². The number of carbonyl (C=O) groups is 1. The Kier molecular flexibility index (Phi) is 4.94. The van der Waals surface area contributed by atoms with E-state index in [4.69, 9.17) is 4.74 Å². The third-order valence-corrected chi connectivity index (χ3v) is 5.41. The van der Waals surface area contributed by atoms with Crippen molar-refractivity contribution in [1.82, 2.24) is 19.7 Å². The van der Waals surface area contributed by atoms with Crippen LogP contribution in [0.1, 0.15) is 5.56 Å². The highest BCUT2D eigenvalue weighted by molar-refractivity contribution is 8.00. The van der Waals surface area contributed by atoms with Crippen molar-refractivity contribution in [2.24, 2.45) is 0 Å². The summed E-state index contributed by atoms with van der Waals surface area (Å²) in [6.45, 7) is 0.198. The van der Waals surface area contributed by atoms with Crippen LogP contribution in [0.5, 0.6) is 0 Å². The van der Waals surface area contributed by atoms with E-state index in [2.05, 4.69) is 15.1 Å². The third-order valence-electron chi connectivity index (χ3n) is 3.61. The second kappa shape index (κ2) is 7.67. The van der Waals surface area contributed by atoms with Gasteiger partial charge in [-0.1, -0.05) is 30.0 Å². The van der Waals surface area contributed by atoms with Crippen molar-refractivity contribution >= 4 is 39.3 Å². The number of rotatable bonds is 6. The molecular weight excluding hydrogens is 368 g/mol. The van der Waals surface area contributed by atoms with Crippen molar-refractivity contribution in [2.45, 2.75) is 11.6 Å². The fourth-order valence-electron chi connectivity index (χ4n) is 2.37. The number of aromatic nitrogens is 4. The molecule has 130 valence electrons. The van der Waals surface area contributed by atoms with Gasteiger partial charge in [-0.2, -0.15) is 5.10 Å². The van der Waals surface area contributed by atoms with E-state index in [9.17, 15) is 4.79 Å². The average molecular weight is 382 g/mol. The number of carbonyl (C=O) groups excluding carboxylic acids is 1. The van der Waals surface area contributed by atoms with Crippen LogP contribution in [-0.4, -0.2) is 31.5 Å². The molecule has 0 unspecified atom stereocenters. The van der Waals surface area contributed by atoms with E-state index in [0.717, 1.165) is 26.5 Å². The number of hydrogen-bond donors (Lipinski definition) is 0. The van der Waals surface area contributed by atoms with Gasteiger partial charge in [0.2, 0.25) is 0 Å². The monoisotopic (exact) mass is 382 g/mol. The lowest BCUT2D eigenvalue weighted by molar-refractivity contribution is -0.141. The van der Waals surface area contributed by atoms with E-state index in [-0.39, 0.29) is 18.3 Å². The van der Waals surface area contributed by atoms with Gasteiger partial charge in [-0.05, 0) is 23.6 Å². The summed E-state index contributed by atoms with van der Waals surface area (Å²) in [7, 11) is 0. The number of fused-ring (bicyclic) bond motifs is 1. The molecule has 0 aliphatic heterocycles. The quantitative estimate of drug-likeness (QED) is 0.288. The molecule has 0 aliphatic carbocycles. The SMILES string of the molecule is O=C(CSc1ncnc2sccc12)OCc1cnn(-c2ccccc2)c1. The van der Waals surface area contributed by atoms with Gasteiger partial charge < -0.3 is 4.74 Å². The van der Waals surface area contributed by atoms with Crippen molar-refractivity contribution in [2.75, 3.05) is 5.75 Å². The smallest absolute Gasteiger partial charge is 0.316 e. The minimum absolute atomic E-state index is 0.198. The standard InChI is InChI=1S/C18H14N4O2S2/c23-16(11-26-18-15-6-7-25-17(15)19-12-20-18)24-10-13-8-21-22(9-13)14-4-2-1-3-5-14/h1-9,12H,10-11H2. The Morgan fingerprint density at radius 3 is 2.96 bits per heavy atom. The molecule has 0 aliphatic rings. The minimum Gasteiger partial charge on any atom is -0.460 e. The zero-order valence-corrected chi connectivity index (χ0v) is 15.2. The largest absolute Gasteiger partial charge is 0.460 e. The molecule has 4 rings (SSSR count). The van der Waals surface area contributed by atoms with Crippen LogP contribution < -0.4 is 0 Å². The fourth-order valence-corrected chi connectivity index (χ4v) is 3.95. The van der Waals surface area contributed by atoms with Gasteiger partial charge in [0.25, 0.3) is 0 Å². The van der Waals surface area contributed by atoms with Gasteiger partial charge >= 0.3 is 5.97 Å².